The molecule has 2 N–H and O–H groups in total. The van der Waals surface area contributed by atoms with Crippen LogP contribution in [0.15, 0.2) is 35.4 Å². The van der Waals surface area contributed by atoms with Gasteiger partial charge in [0.2, 0.25) is 0 Å². The maximum Gasteiger partial charge on any atom is 0.272 e. The fraction of sp³-hybridized carbons (Fsp3) is 0.263. The van der Waals surface area contributed by atoms with Gasteiger partial charge in [0, 0.05) is 12.1 Å². The summed E-state index contributed by atoms with van der Waals surface area (Å²) in [6, 6.07) is 9.65. The summed E-state index contributed by atoms with van der Waals surface area (Å²) in [6.45, 7) is 8.98. The number of amides is 1. The lowest BCUT2D eigenvalue weighted by molar-refractivity contribution is -0.115. The van der Waals surface area contributed by atoms with Crippen LogP contribution in [-0.4, -0.2) is 11.6 Å². The number of hydrazone groups is 1. The van der Waals surface area contributed by atoms with Gasteiger partial charge in [-0.15, -0.1) is 0 Å². The minimum atomic E-state index is -0.133. The molecule has 0 aromatic heterocycles. The second-order valence-corrected chi connectivity index (χ2v) is 5.97. The molecule has 1 aliphatic rings. The van der Waals surface area contributed by atoms with E-state index in [1.165, 1.54) is 22.3 Å². The summed E-state index contributed by atoms with van der Waals surface area (Å²) < 4.78 is 0. The quantitative estimate of drug-likeness (QED) is 0.836. The summed E-state index contributed by atoms with van der Waals surface area (Å²) >= 11 is 0. The van der Waals surface area contributed by atoms with Crippen molar-refractivity contribution in [1.29, 1.82) is 0 Å². The van der Waals surface area contributed by atoms with Gasteiger partial charge in [-0.05, 0) is 67.6 Å². The first-order valence-corrected chi connectivity index (χ1v) is 7.77. The van der Waals surface area contributed by atoms with Crippen molar-refractivity contribution in [3.8, 4) is 0 Å². The van der Waals surface area contributed by atoms with Gasteiger partial charge in [0.25, 0.3) is 5.91 Å². The van der Waals surface area contributed by atoms with Gasteiger partial charge < -0.3 is 5.32 Å². The van der Waals surface area contributed by atoms with Crippen molar-refractivity contribution in [1.82, 2.24) is 5.32 Å². The second kappa shape index (κ2) is 5.88. The van der Waals surface area contributed by atoms with Crippen molar-refractivity contribution in [2.75, 3.05) is 5.43 Å². The zero-order valence-corrected chi connectivity index (χ0v) is 13.9. The first kappa shape index (κ1) is 15.3. The van der Waals surface area contributed by atoms with Crippen LogP contribution in [0, 0.1) is 27.7 Å². The van der Waals surface area contributed by atoms with Crippen LogP contribution in [0.3, 0.4) is 0 Å². The molecule has 1 aliphatic heterocycles. The van der Waals surface area contributed by atoms with E-state index in [9.17, 15) is 4.79 Å². The van der Waals surface area contributed by atoms with Gasteiger partial charge >= 0.3 is 0 Å². The number of hydrogen-bond acceptors (Lipinski definition) is 3. The van der Waals surface area contributed by atoms with Crippen LogP contribution in [0.2, 0.25) is 0 Å². The molecule has 0 radical (unpaired) electrons. The number of carbonyl (C=O) groups excluding carboxylic acids is 1. The standard InChI is InChI=1S/C19H21N3O/c1-11-12(2)14(4)17-16(13(11)3)10-20-19(23)18(17)22-21-15-8-6-5-7-9-15/h5-9,21H,10H2,1-4H3,(H,20,23)/b22-18-. The molecule has 0 spiro atoms. The molecule has 1 heterocycles. The summed E-state index contributed by atoms with van der Waals surface area (Å²) in [4.78, 5) is 12.4. The minimum Gasteiger partial charge on any atom is -0.347 e. The van der Waals surface area contributed by atoms with E-state index in [-0.39, 0.29) is 5.91 Å². The fourth-order valence-electron chi connectivity index (χ4n) is 3.04. The molecule has 4 nitrogen and oxygen atoms in total. The number of hydrogen-bond donors (Lipinski definition) is 2. The normalized spacial score (nSPS) is 15.3. The topological polar surface area (TPSA) is 53.5 Å². The Morgan fingerprint density at radius 1 is 0.957 bits per heavy atom. The zero-order chi connectivity index (χ0) is 16.6. The molecule has 1 amide bonds. The largest absolute Gasteiger partial charge is 0.347 e. The van der Waals surface area contributed by atoms with Crippen LogP contribution < -0.4 is 10.7 Å². The third-order valence-corrected chi connectivity index (χ3v) is 4.77. The van der Waals surface area contributed by atoms with Crippen molar-refractivity contribution < 1.29 is 4.79 Å². The molecule has 2 aromatic carbocycles. The van der Waals surface area contributed by atoms with Crippen molar-refractivity contribution >= 4 is 17.3 Å². The molecule has 0 aliphatic carbocycles. The predicted octanol–water partition coefficient (Wildman–Crippen LogP) is 3.37. The maximum atomic E-state index is 12.4. The SMILES string of the molecule is Cc1c(C)c(C)c2c(c1C)CNC(=O)/C2=N\Nc1ccccc1. The number of rotatable bonds is 2. The number of fused-ring (bicyclic) bond motifs is 1. The molecule has 0 unspecified atom stereocenters. The number of benzene rings is 2. The molecule has 23 heavy (non-hydrogen) atoms. The van der Waals surface area contributed by atoms with Gasteiger partial charge in [0.05, 0.1) is 5.69 Å². The first-order chi connectivity index (χ1) is 11.0. The van der Waals surface area contributed by atoms with Crippen LogP contribution in [0.25, 0.3) is 0 Å². The van der Waals surface area contributed by atoms with Crippen LogP contribution in [0.4, 0.5) is 5.69 Å². The maximum absolute atomic E-state index is 12.4. The monoisotopic (exact) mass is 307 g/mol. The molecule has 0 atom stereocenters. The molecule has 0 saturated heterocycles. The Balaban J connectivity index is 2.12. The number of carbonyl (C=O) groups is 1. The number of anilines is 1. The Labute approximate surface area is 136 Å². The van der Waals surface area contributed by atoms with Gasteiger partial charge in [-0.1, -0.05) is 18.2 Å². The highest BCUT2D eigenvalue weighted by molar-refractivity contribution is 6.47. The van der Waals surface area contributed by atoms with E-state index in [1.807, 2.05) is 30.3 Å². The smallest absolute Gasteiger partial charge is 0.272 e. The van der Waals surface area contributed by atoms with E-state index >= 15 is 0 Å². The zero-order valence-electron chi connectivity index (χ0n) is 13.9. The second-order valence-electron chi connectivity index (χ2n) is 5.97. The van der Waals surface area contributed by atoms with Crippen LogP contribution in [0.1, 0.15) is 33.4 Å². The molecule has 0 bridgehead atoms. The van der Waals surface area contributed by atoms with Gasteiger partial charge in [0.1, 0.15) is 0 Å². The highest BCUT2D eigenvalue weighted by Gasteiger charge is 2.28. The summed E-state index contributed by atoms with van der Waals surface area (Å²) in [5.74, 6) is -0.133. The third-order valence-electron chi connectivity index (χ3n) is 4.77. The molecule has 3 rings (SSSR count). The molecular formula is C19H21N3O. The molecule has 2 aromatic rings. The summed E-state index contributed by atoms with van der Waals surface area (Å²) in [6.07, 6.45) is 0. The summed E-state index contributed by atoms with van der Waals surface area (Å²) in [5, 5.41) is 7.33. The third kappa shape index (κ3) is 2.61. The van der Waals surface area contributed by atoms with E-state index in [2.05, 4.69) is 43.5 Å². The highest BCUT2D eigenvalue weighted by atomic mass is 16.2. The summed E-state index contributed by atoms with van der Waals surface area (Å²) in [7, 11) is 0. The van der Waals surface area contributed by atoms with Gasteiger partial charge in [0.15, 0.2) is 5.71 Å². The summed E-state index contributed by atoms with van der Waals surface area (Å²) in [5.41, 5.74) is 11.3. The van der Waals surface area contributed by atoms with Crippen molar-refractivity contribution in [3.63, 3.8) is 0 Å². The lowest BCUT2D eigenvalue weighted by atomic mass is 9.85. The fourth-order valence-corrected chi connectivity index (χ4v) is 3.04. The van der Waals surface area contributed by atoms with E-state index in [1.54, 1.807) is 0 Å². The lowest BCUT2D eigenvalue weighted by Crippen LogP contribution is -2.39. The Morgan fingerprint density at radius 2 is 1.61 bits per heavy atom. The van der Waals surface area contributed by atoms with E-state index < -0.39 is 0 Å². The average Bonchev–Trinajstić information content (AvgIpc) is 2.57. The van der Waals surface area contributed by atoms with Gasteiger partial charge in [-0.2, -0.15) is 5.10 Å². The first-order valence-electron chi connectivity index (χ1n) is 7.77. The molecular weight excluding hydrogens is 286 g/mol. The van der Waals surface area contributed by atoms with Crippen LogP contribution in [0.5, 0.6) is 0 Å². The van der Waals surface area contributed by atoms with E-state index in [4.69, 9.17) is 0 Å². The van der Waals surface area contributed by atoms with E-state index in [0.29, 0.717) is 12.3 Å². The van der Waals surface area contributed by atoms with Gasteiger partial charge in [-0.3, -0.25) is 10.2 Å². The minimum absolute atomic E-state index is 0.133. The Bertz CT molecular complexity index is 807. The molecule has 0 fully saturated rings. The van der Waals surface area contributed by atoms with Gasteiger partial charge in [-0.25, -0.2) is 0 Å². The van der Waals surface area contributed by atoms with Crippen LogP contribution >= 0.6 is 0 Å². The Hall–Kier alpha value is -2.62. The van der Waals surface area contributed by atoms with Crippen molar-refractivity contribution in [2.45, 2.75) is 34.2 Å². The predicted molar refractivity (Wildman–Crippen MR) is 93.8 cm³/mol. The van der Waals surface area contributed by atoms with Crippen molar-refractivity contribution in [3.05, 3.63) is 63.7 Å². The number of nitrogens with zero attached hydrogens (tertiary/aromatic N) is 1. The average molecular weight is 307 g/mol. The molecule has 0 saturated carbocycles. The lowest BCUT2D eigenvalue weighted by Gasteiger charge is -2.25. The Kier molecular flexibility index (Phi) is 3.90. The number of para-hydroxylation sites is 1. The van der Waals surface area contributed by atoms with E-state index in [0.717, 1.165) is 16.8 Å². The van der Waals surface area contributed by atoms with Crippen molar-refractivity contribution in [2.24, 2.45) is 5.10 Å². The molecule has 4 heteroatoms. The molecule has 118 valence electrons. The Morgan fingerprint density at radius 3 is 2.30 bits per heavy atom. The highest BCUT2D eigenvalue weighted by Crippen LogP contribution is 2.29. The van der Waals surface area contributed by atoms with Crippen LogP contribution in [-0.2, 0) is 11.3 Å². The number of nitrogens with one attached hydrogen (secondary N) is 2.